The van der Waals surface area contributed by atoms with Gasteiger partial charge in [-0.15, -0.1) is 0 Å². The molecule has 0 N–H and O–H groups in total. The predicted molar refractivity (Wildman–Crippen MR) is 27.4 cm³/mol. The summed E-state index contributed by atoms with van der Waals surface area (Å²) in [5.41, 5.74) is 0. The number of ether oxygens (including phenoxy) is 1. The van der Waals surface area contributed by atoms with E-state index in [0.29, 0.717) is 6.61 Å². The van der Waals surface area contributed by atoms with E-state index in [0.717, 1.165) is 0 Å². The molecule has 0 rings (SSSR count). The summed E-state index contributed by atoms with van der Waals surface area (Å²) in [6.45, 7) is 0.508. The Morgan fingerprint density at radius 3 is 2.71 bits per heavy atom. The van der Waals surface area contributed by atoms with Crippen molar-refractivity contribution in [2.24, 2.45) is 5.16 Å². The van der Waals surface area contributed by atoms with Gasteiger partial charge in [0, 0.05) is 7.11 Å². The van der Waals surface area contributed by atoms with Gasteiger partial charge in [0.25, 0.3) is 0 Å². The molecule has 0 aromatic carbocycles. The van der Waals surface area contributed by atoms with E-state index >= 15 is 0 Å². The van der Waals surface area contributed by atoms with Crippen molar-refractivity contribution in [3.63, 3.8) is 0 Å². The maximum Gasteiger partial charge on any atom is 0.106 e. The highest BCUT2D eigenvalue weighted by Crippen LogP contribution is 1.63. The zero-order valence-corrected chi connectivity index (χ0v) is 4.55. The summed E-state index contributed by atoms with van der Waals surface area (Å²) in [6.07, 6.45) is 1.54. The number of methoxy groups -OCH3 is 1. The van der Waals surface area contributed by atoms with Crippen molar-refractivity contribution in [2.75, 3.05) is 20.8 Å². The zero-order chi connectivity index (χ0) is 5.54. The van der Waals surface area contributed by atoms with Crippen molar-refractivity contribution in [1.29, 1.82) is 0 Å². The van der Waals surface area contributed by atoms with Gasteiger partial charge in [0.15, 0.2) is 0 Å². The lowest BCUT2D eigenvalue weighted by Crippen LogP contribution is -1.87. The van der Waals surface area contributed by atoms with Crippen LogP contribution < -0.4 is 0 Å². The molecule has 7 heavy (non-hydrogen) atoms. The fraction of sp³-hybridized carbons (Fsp3) is 0.750. The Labute approximate surface area is 42.9 Å². The Morgan fingerprint density at radius 1 is 1.57 bits per heavy atom. The summed E-state index contributed by atoms with van der Waals surface area (Å²) >= 11 is 0. The van der Waals surface area contributed by atoms with Gasteiger partial charge in [-0.3, -0.25) is 0 Å². The predicted octanol–water partition coefficient (Wildman–Crippen LogP) is 0.265. The molecule has 0 aromatic rings. The van der Waals surface area contributed by atoms with Crippen LogP contribution in [0, 0.1) is 0 Å². The average Bonchev–Trinajstić information content (AvgIpc) is 1.69. The summed E-state index contributed by atoms with van der Waals surface area (Å²) in [5.74, 6) is 0. The van der Waals surface area contributed by atoms with Gasteiger partial charge in [-0.25, -0.2) is 0 Å². The molecule has 3 heteroatoms. The van der Waals surface area contributed by atoms with Crippen LogP contribution in [0.25, 0.3) is 0 Å². The fourth-order valence-electron chi connectivity index (χ4n) is 0.180. The minimum absolute atomic E-state index is 0.508. The second kappa shape index (κ2) is 5.43. The average molecular weight is 103 g/mol. The van der Waals surface area contributed by atoms with Crippen molar-refractivity contribution in [3.05, 3.63) is 0 Å². The lowest BCUT2D eigenvalue weighted by atomic mass is 10.8. The van der Waals surface area contributed by atoms with Crippen LogP contribution in [0.15, 0.2) is 5.16 Å². The van der Waals surface area contributed by atoms with E-state index in [1.165, 1.54) is 7.11 Å². The van der Waals surface area contributed by atoms with Gasteiger partial charge in [0.2, 0.25) is 0 Å². The monoisotopic (exact) mass is 103 g/mol. The number of nitrogens with zero attached hydrogens (tertiary/aromatic N) is 1. The quantitative estimate of drug-likeness (QED) is 0.379. The maximum atomic E-state index is 4.61. The molecule has 0 atom stereocenters. The van der Waals surface area contributed by atoms with Gasteiger partial charge in [-0.1, -0.05) is 5.16 Å². The Balaban J connectivity index is 2.78. The van der Waals surface area contributed by atoms with Crippen LogP contribution in [0.4, 0.5) is 0 Å². The highest BCUT2D eigenvalue weighted by Gasteiger charge is 1.67. The van der Waals surface area contributed by atoms with E-state index < -0.39 is 0 Å². The molecule has 0 radical (unpaired) electrons. The highest BCUT2D eigenvalue weighted by molar-refractivity contribution is 5.57. The van der Waals surface area contributed by atoms with Crippen LogP contribution in [-0.2, 0) is 9.57 Å². The van der Waals surface area contributed by atoms with Crippen LogP contribution in [0.2, 0.25) is 0 Å². The molecule has 0 saturated heterocycles. The summed E-state index contributed by atoms with van der Waals surface area (Å²) < 4.78 is 4.61. The smallest absolute Gasteiger partial charge is 0.106 e. The molecule has 0 aliphatic carbocycles. The SMILES string of the molecule is COCC=NOC. The van der Waals surface area contributed by atoms with Crippen molar-refractivity contribution < 1.29 is 9.57 Å². The fourth-order valence-corrected chi connectivity index (χ4v) is 0.180. The molecule has 0 heterocycles. The normalized spacial score (nSPS) is 10.0. The first kappa shape index (κ1) is 6.43. The van der Waals surface area contributed by atoms with E-state index in [1.807, 2.05) is 0 Å². The van der Waals surface area contributed by atoms with Gasteiger partial charge in [0.1, 0.15) is 7.11 Å². The topological polar surface area (TPSA) is 30.8 Å². The Morgan fingerprint density at radius 2 is 2.29 bits per heavy atom. The molecular formula is C4H9NO2. The van der Waals surface area contributed by atoms with Crippen LogP contribution in [0.3, 0.4) is 0 Å². The molecule has 0 spiro atoms. The van der Waals surface area contributed by atoms with Crippen molar-refractivity contribution in [1.82, 2.24) is 0 Å². The third kappa shape index (κ3) is 5.43. The number of hydrogen-bond acceptors (Lipinski definition) is 3. The first-order valence-corrected chi connectivity index (χ1v) is 1.95. The molecule has 42 valence electrons. The molecular weight excluding hydrogens is 94.0 g/mol. The van der Waals surface area contributed by atoms with E-state index in [2.05, 4.69) is 14.7 Å². The van der Waals surface area contributed by atoms with Crippen LogP contribution >= 0.6 is 0 Å². The standard InChI is InChI=1S/C4H9NO2/c1-6-4-3-5-7-2/h3H,4H2,1-2H3. The number of rotatable bonds is 3. The molecule has 0 fully saturated rings. The second-order valence-corrected chi connectivity index (χ2v) is 0.926. The van der Waals surface area contributed by atoms with Crippen molar-refractivity contribution in [2.45, 2.75) is 0 Å². The third-order valence-electron chi connectivity index (χ3n) is 0.421. The number of oxime groups is 1. The van der Waals surface area contributed by atoms with Gasteiger partial charge >= 0.3 is 0 Å². The Kier molecular flexibility index (Phi) is 4.99. The molecule has 0 aliphatic heterocycles. The molecule has 0 aliphatic rings. The van der Waals surface area contributed by atoms with Gasteiger partial charge in [-0.05, 0) is 0 Å². The summed E-state index contributed by atoms with van der Waals surface area (Å²) in [7, 11) is 3.09. The summed E-state index contributed by atoms with van der Waals surface area (Å²) in [5, 5.41) is 3.41. The number of hydrogen-bond donors (Lipinski definition) is 0. The third-order valence-corrected chi connectivity index (χ3v) is 0.421. The minimum atomic E-state index is 0.508. The molecule has 0 aromatic heterocycles. The van der Waals surface area contributed by atoms with Gasteiger partial charge in [0.05, 0.1) is 12.8 Å². The zero-order valence-electron chi connectivity index (χ0n) is 4.55. The van der Waals surface area contributed by atoms with E-state index in [9.17, 15) is 0 Å². The highest BCUT2D eigenvalue weighted by atomic mass is 16.6. The Bertz CT molecular complexity index is 53.7. The lowest BCUT2D eigenvalue weighted by molar-refractivity contribution is 0.204. The lowest BCUT2D eigenvalue weighted by Gasteiger charge is -1.84. The first-order chi connectivity index (χ1) is 3.41. The molecule has 0 saturated carbocycles. The second-order valence-electron chi connectivity index (χ2n) is 0.926. The van der Waals surface area contributed by atoms with Crippen molar-refractivity contribution in [3.8, 4) is 0 Å². The van der Waals surface area contributed by atoms with E-state index in [1.54, 1.807) is 13.3 Å². The first-order valence-electron chi connectivity index (χ1n) is 1.95. The van der Waals surface area contributed by atoms with E-state index in [-0.39, 0.29) is 0 Å². The molecule has 3 nitrogen and oxygen atoms in total. The molecule has 0 amide bonds. The van der Waals surface area contributed by atoms with Crippen LogP contribution in [0.1, 0.15) is 0 Å². The van der Waals surface area contributed by atoms with Gasteiger partial charge < -0.3 is 9.57 Å². The van der Waals surface area contributed by atoms with E-state index in [4.69, 9.17) is 0 Å². The summed E-state index contributed by atoms with van der Waals surface area (Å²) in [4.78, 5) is 4.33. The van der Waals surface area contributed by atoms with Crippen LogP contribution in [0.5, 0.6) is 0 Å². The minimum Gasteiger partial charge on any atom is -0.399 e. The maximum absolute atomic E-state index is 4.61. The Hall–Kier alpha value is -0.570. The van der Waals surface area contributed by atoms with Crippen LogP contribution in [-0.4, -0.2) is 27.0 Å². The van der Waals surface area contributed by atoms with Crippen molar-refractivity contribution >= 4 is 6.21 Å². The largest absolute Gasteiger partial charge is 0.399 e. The summed E-state index contributed by atoms with van der Waals surface area (Å²) in [6, 6.07) is 0. The van der Waals surface area contributed by atoms with Gasteiger partial charge in [-0.2, -0.15) is 0 Å². The molecule has 0 unspecified atom stereocenters. The molecule has 0 bridgehead atoms.